The Morgan fingerprint density at radius 1 is 1.12 bits per heavy atom. The van der Waals surface area contributed by atoms with Gasteiger partial charge in [0, 0.05) is 49.5 Å². The van der Waals surface area contributed by atoms with Gasteiger partial charge in [0.05, 0.1) is 19.7 Å². The first-order valence-corrected chi connectivity index (χ1v) is 7.94. The van der Waals surface area contributed by atoms with Crippen LogP contribution in [0, 0.1) is 0 Å². The fourth-order valence-corrected chi connectivity index (χ4v) is 3.11. The zero-order chi connectivity index (χ0) is 17.1. The maximum absolute atomic E-state index is 11.4. The highest BCUT2D eigenvalue weighted by molar-refractivity contribution is 5.94. The summed E-state index contributed by atoms with van der Waals surface area (Å²) in [5.41, 5.74) is 7.33. The molecule has 1 aromatic carbocycles. The third kappa shape index (κ3) is 3.02. The molecule has 2 aromatic rings. The molecule has 2 heterocycles. The molecule has 7 heteroatoms. The van der Waals surface area contributed by atoms with Crippen molar-refractivity contribution in [2.24, 2.45) is 5.73 Å². The van der Waals surface area contributed by atoms with Gasteiger partial charge in [0.2, 0.25) is 0 Å². The highest BCUT2D eigenvalue weighted by Gasteiger charge is 2.19. The molecular formula is C17H22N4O3. The van der Waals surface area contributed by atoms with Gasteiger partial charge in [0.15, 0.2) is 11.5 Å². The number of fused-ring (bicyclic) bond motifs is 1. The van der Waals surface area contributed by atoms with Gasteiger partial charge in [-0.1, -0.05) is 0 Å². The van der Waals surface area contributed by atoms with Crippen molar-refractivity contribution in [1.82, 2.24) is 9.88 Å². The highest BCUT2D eigenvalue weighted by atomic mass is 16.5. The Kier molecular flexibility index (Phi) is 4.59. The lowest BCUT2D eigenvalue weighted by atomic mass is 10.1. The summed E-state index contributed by atoms with van der Waals surface area (Å²) < 4.78 is 10.8. The monoisotopic (exact) mass is 330 g/mol. The van der Waals surface area contributed by atoms with Crippen molar-refractivity contribution in [2.45, 2.75) is 6.42 Å². The number of pyridine rings is 1. The van der Waals surface area contributed by atoms with Gasteiger partial charge < -0.3 is 25.0 Å². The second-order valence-electron chi connectivity index (χ2n) is 5.72. The van der Waals surface area contributed by atoms with E-state index in [2.05, 4.69) is 9.88 Å². The highest BCUT2D eigenvalue weighted by Crippen LogP contribution is 2.35. The fraction of sp³-hybridized carbons (Fsp3) is 0.412. The average molecular weight is 330 g/mol. The van der Waals surface area contributed by atoms with Crippen molar-refractivity contribution in [1.29, 1.82) is 0 Å². The molecule has 0 aliphatic carbocycles. The number of amides is 2. The van der Waals surface area contributed by atoms with E-state index in [1.807, 2.05) is 18.2 Å². The number of urea groups is 1. The number of ether oxygens (including phenoxy) is 2. The number of rotatable bonds is 3. The smallest absolute Gasteiger partial charge is 0.314 e. The minimum Gasteiger partial charge on any atom is -0.493 e. The van der Waals surface area contributed by atoms with E-state index in [4.69, 9.17) is 15.2 Å². The number of anilines is 1. The van der Waals surface area contributed by atoms with Crippen LogP contribution in [0.4, 0.5) is 10.5 Å². The molecule has 1 aliphatic rings. The summed E-state index contributed by atoms with van der Waals surface area (Å²) in [5, 5.41) is 1.00. The molecule has 3 rings (SSSR count). The van der Waals surface area contributed by atoms with Crippen LogP contribution in [-0.2, 0) is 0 Å². The zero-order valence-electron chi connectivity index (χ0n) is 14.0. The number of methoxy groups -OCH3 is 2. The summed E-state index contributed by atoms with van der Waals surface area (Å²) in [7, 11) is 3.23. The van der Waals surface area contributed by atoms with Crippen molar-refractivity contribution in [3.05, 3.63) is 24.4 Å². The van der Waals surface area contributed by atoms with Gasteiger partial charge in [-0.25, -0.2) is 4.79 Å². The quantitative estimate of drug-likeness (QED) is 0.929. The predicted molar refractivity (Wildman–Crippen MR) is 92.8 cm³/mol. The van der Waals surface area contributed by atoms with Crippen molar-refractivity contribution in [3.63, 3.8) is 0 Å². The molecule has 0 atom stereocenters. The maximum atomic E-state index is 11.4. The number of nitrogens with two attached hydrogens (primary N) is 1. The van der Waals surface area contributed by atoms with Gasteiger partial charge >= 0.3 is 6.03 Å². The summed E-state index contributed by atoms with van der Waals surface area (Å²) in [6.45, 7) is 2.89. The van der Waals surface area contributed by atoms with Crippen LogP contribution >= 0.6 is 0 Å². The minimum atomic E-state index is -0.358. The SMILES string of the molecule is COc1cc2nccc(N3CCCN(C(N)=O)CC3)c2cc1OC. The topological polar surface area (TPSA) is 80.9 Å². The summed E-state index contributed by atoms with van der Waals surface area (Å²) in [6.07, 6.45) is 2.67. The van der Waals surface area contributed by atoms with Gasteiger partial charge in [-0.3, -0.25) is 4.98 Å². The number of nitrogens with zero attached hydrogens (tertiary/aromatic N) is 3. The van der Waals surface area contributed by atoms with E-state index in [1.54, 1.807) is 25.3 Å². The Balaban J connectivity index is 1.98. The largest absolute Gasteiger partial charge is 0.493 e. The van der Waals surface area contributed by atoms with Crippen molar-refractivity contribution >= 4 is 22.6 Å². The molecule has 0 unspecified atom stereocenters. The number of primary amides is 1. The molecule has 24 heavy (non-hydrogen) atoms. The second kappa shape index (κ2) is 6.82. The zero-order valence-corrected chi connectivity index (χ0v) is 14.0. The van der Waals surface area contributed by atoms with Crippen molar-refractivity contribution in [2.75, 3.05) is 45.3 Å². The molecule has 128 valence electrons. The number of hydrogen-bond acceptors (Lipinski definition) is 5. The van der Waals surface area contributed by atoms with Crippen LogP contribution in [0.25, 0.3) is 10.9 Å². The van der Waals surface area contributed by atoms with E-state index in [-0.39, 0.29) is 6.03 Å². The third-order valence-electron chi connectivity index (χ3n) is 4.37. The van der Waals surface area contributed by atoms with E-state index in [0.29, 0.717) is 24.6 Å². The van der Waals surface area contributed by atoms with E-state index >= 15 is 0 Å². The molecule has 1 fully saturated rings. The molecule has 0 spiro atoms. The molecule has 1 aromatic heterocycles. The predicted octanol–water partition coefficient (Wildman–Crippen LogP) is 1.84. The normalized spacial score (nSPS) is 15.2. The Hall–Kier alpha value is -2.70. The molecule has 2 amide bonds. The van der Waals surface area contributed by atoms with E-state index in [9.17, 15) is 4.79 Å². The van der Waals surface area contributed by atoms with Crippen LogP contribution in [0.1, 0.15) is 6.42 Å². The number of hydrogen-bond donors (Lipinski definition) is 1. The van der Waals surface area contributed by atoms with Crippen LogP contribution in [-0.4, -0.2) is 56.3 Å². The van der Waals surface area contributed by atoms with E-state index in [1.165, 1.54) is 0 Å². The number of carbonyl (C=O) groups is 1. The number of carbonyl (C=O) groups excluding carboxylic acids is 1. The standard InChI is InChI=1S/C17H22N4O3/c1-23-15-10-12-13(11-16(15)24-2)19-5-4-14(12)20-6-3-7-21(9-8-20)17(18)22/h4-5,10-11H,3,6-9H2,1-2H3,(H2,18,22). The Labute approximate surface area is 140 Å². The Bertz CT molecular complexity index is 750. The van der Waals surface area contributed by atoms with Crippen LogP contribution < -0.4 is 20.1 Å². The first-order valence-electron chi connectivity index (χ1n) is 7.94. The molecule has 7 nitrogen and oxygen atoms in total. The van der Waals surface area contributed by atoms with E-state index < -0.39 is 0 Å². The van der Waals surface area contributed by atoms with Crippen molar-refractivity contribution < 1.29 is 14.3 Å². The molecule has 2 N–H and O–H groups in total. The number of aromatic nitrogens is 1. The summed E-state index contributed by atoms with van der Waals surface area (Å²) in [5.74, 6) is 1.33. The molecule has 0 bridgehead atoms. The molecular weight excluding hydrogens is 308 g/mol. The lowest BCUT2D eigenvalue weighted by Crippen LogP contribution is -2.38. The summed E-state index contributed by atoms with van der Waals surface area (Å²) in [6, 6.07) is 5.47. The average Bonchev–Trinajstić information content (AvgIpc) is 2.86. The second-order valence-corrected chi connectivity index (χ2v) is 5.72. The van der Waals surface area contributed by atoms with Gasteiger partial charge in [0.25, 0.3) is 0 Å². The van der Waals surface area contributed by atoms with Crippen LogP contribution in [0.15, 0.2) is 24.4 Å². The Morgan fingerprint density at radius 2 is 1.88 bits per heavy atom. The lowest BCUT2D eigenvalue weighted by molar-refractivity contribution is 0.211. The molecule has 1 aliphatic heterocycles. The third-order valence-corrected chi connectivity index (χ3v) is 4.37. The van der Waals surface area contributed by atoms with Gasteiger partial charge in [-0.15, -0.1) is 0 Å². The first kappa shape index (κ1) is 16.2. The van der Waals surface area contributed by atoms with Gasteiger partial charge in [-0.2, -0.15) is 0 Å². The number of benzene rings is 1. The van der Waals surface area contributed by atoms with Crippen LogP contribution in [0.5, 0.6) is 11.5 Å². The molecule has 1 saturated heterocycles. The van der Waals surface area contributed by atoms with Gasteiger partial charge in [-0.05, 0) is 18.6 Å². The van der Waals surface area contributed by atoms with Crippen LogP contribution in [0.3, 0.4) is 0 Å². The maximum Gasteiger partial charge on any atom is 0.314 e. The first-order chi connectivity index (χ1) is 11.6. The van der Waals surface area contributed by atoms with Crippen LogP contribution in [0.2, 0.25) is 0 Å². The molecule has 0 saturated carbocycles. The molecule has 0 radical (unpaired) electrons. The lowest BCUT2D eigenvalue weighted by Gasteiger charge is -2.24. The summed E-state index contributed by atoms with van der Waals surface area (Å²) in [4.78, 5) is 19.8. The fourth-order valence-electron chi connectivity index (χ4n) is 3.11. The van der Waals surface area contributed by atoms with Crippen molar-refractivity contribution in [3.8, 4) is 11.5 Å². The Morgan fingerprint density at radius 3 is 2.58 bits per heavy atom. The van der Waals surface area contributed by atoms with E-state index in [0.717, 1.165) is 36.1 Å². The van der Waals surface area contributed by atoms with Gasteiger partial charge in [0.1, 0.15) is 0 Å². The summed E-state index contributed by atoms with van der Waals surface area (Å²) >= 11 is 0. The minimum absolute atomic E-state index is 0.358.